The lowest BCUT2D eigenvalue weighted by atomic mass is 9.99. The Morgan fingerprint density at radius 3 is 2.28 bits per heavy atom. The molecule has 6 rings (SSSR count). The Morgan fingerprint density at radius 1 is 0.877 bits per heavy atom. The number of hydrogen-bond acceptors (Lipinski definition) is 12. The van der Waals surface area contributed by atoms with Crippen molar-refractivity contribution in [1.82, 2.24) is 14.5 Å². The normalized spacial score (nSPS) is 13.6. The second kappa shape index (κ2) is 22.8. The standard InChI is InChI=1S/C47H52ClN7O8S2/c1-52(2)24-23-37(32-64-38-10-4-3-5-11-38)49-41-21-20-39(30-44(41)55(60)61)65(62,63)51-47(59)34-17-22-43(42(29-34)50-45(56)13-8-14-46(57)58)54-27-25-53(26-28-54)31-35-9-6-7-12-40(35)33-15-18-36(48)19-16-33/h3-7,9-12,15-22,29-30,37,49H,8,13-14,23-28,31-32H2,1-2H3,(H,50,56)(H,51,59)(H,57,58). The Labute approximate surface area is 388 Å². The van der Waals surface area contributed by atoms with E-state index in [2.05, 4.69) is 32.6 Å². The van der Waals surface area contributed by atoms with Crippen LogP contribution in [0.2, 0.25) is 5.02 Å². The summed E-state index contributed by atoms with van der Waals surface area (Å²) >= 11 is 7.74. The number of benzene rings is 5. The Balaban J connectivity index is 1.17. The number of hydrogen-bond donors (Lipinski definition) is 4. The molecule has 1 aliphatic heterocycles. The van der Waals surface area contributed by atoms with Gasteiger partial charge in [0.15, 0.2) is 0 Å². The molecule has 5 aromatic carbocycles. The minimum Gasteiger partial charge on any atom is -0.481 e. The molecule has 5 aromatic rings. The summed E-state index contributed by atoms with van der Waals surface area (Å²) < 4.78 is 29.4. The summed E-state index contributed by atoms with van der Waals surface area (Å²) in [6, 6.07) is 33.4. The summed E-state index contributed by atoms with van der Waals surface area (Å²) in [6.45, 7) is 3.88. The molecule has 18 heteroatoms. The Hall–Kier alpha value is -5.98. The third-order valence-corrected chi connectivity index (χ3v) is 13.5. The Kier molecular flexibility index (Phi) is 17.0. The number of aliphatic carboxylic acids is 1. The molecule has 1 heterocycles. The number of nitrogens with one attached hydrogen (secondary N) is 3. The minimum atomic E-state index is -4.63. The van der Waals surface area contributed by atoms with E-state index in [-0.39, 0.29) is 42.2 Å². The van der Waals surface area contributed by atoms with Gasteiger partial charge in [0.05, 0.1) is 21.2 Å². The van der Waals surface area contributed by atoms with Crippen LogP contribution in [0.1, 0.15) is 41.6 Å². The van der Waals surface area contributed by atoms with E-state index in [0.29, 0.717) is 62.2 Å². The number of piperazine rings is 1. The highest BCUT2D eigenvalue weighted by atomic mass is 35.5. The third kappa shape index (κ3) is 14.0. The van der Waals surface area contributed by atoms with Crippen LogP contribution in [0, 0.1) is 10.1 Å². The molecule has 4 N–H and O–H groups in total. The van der Waals surface area contributed by atoms with Gasteiger partial charge in [-0.05, 0) is 105 Å². The van der Waals surface area contributed by atoms with Gasteiger partial charge in [0.2, 0.25) is 5.91 Å². The fraction of sp³-hybridized carbons (Fsp3) is 0.298. The number of nitro groups is 1. The molecule has 0 bridgehead atoms. The maximum atomic E-state index is 13.7. The number of carbonyl (C=O) groups excluding carboxylic acids is 2. The fourth-order valence-corrected chi connectivity index (χ4v) is 9.47. The van der Waals surface area contributed by atoms with Crippen LogP contribution in [-0.4, -0.2) is 105 Å². The van der Waals surface area contributed by atoms with Crippen LogP contribution in [0.5, 0.6) is 0 Å². The zero-order valence-electron chi connectivity index (χ0n) is 36.1. The monoisotopic (exact) mass is 941 g/mol. The van der Waals surface area contributed by atoms with Gasteiger partial charge in [-0.15, -0.1) is 11.8 Å². The van der Waals surface area contributed by atoms with Crippen LogP contribution < -0.4 is 20.3 Å². The molecule has 1 atom stereocenters. The molecule has 15 nitrogen and oxygen atoms in total. The largest absolute Gasteiger partial charge is 0.481 e. The number of halogens is 1. The lowest BCUT2D eigenvalue weighted by Crippen LogP contribution is -2.46. The van der Waals surface area contributed by atoms with E-state index in [9.17, 15) is 32.9 Å². The van der Waals surface area contributed by atoms with E-state index in [1.807, 2.05) is 90.4 Å². The Bertz CT molecular complexity index is 2580. The molecule has 342 valence electrons. The average Bonchev–Trinajstić information content (AvgIpc) is 3.28. The van der Waals surface area contributed by atoms with Gasteiger partial charge in [-0.2, -0.15) is 0 Å². The lowest BCUT2D eigenvalue weighted by molar-refractivity contribution is -0.384. The first-order chi connectivity index (χ1) is 31.1. The van der Waals surface area contributed by atoms with Crippen molar-refractivity contribution >= 4 is 73.9 Å². The molecular weight excluding hydrogens is 890 g/mol. The lowest BCUT2D eigenvalue weighted by Gasteiger charge is -2.37. The van der Waals surface area contributed by atoms with E-state index in [1.54, 1.807) is 17.8 Å². The quantitative estimate of drug-likeness (QED) is 0.0314. The van der Waals surface area contributed by atoms with E-state index in [0.717, 1.165) is 27.7 Å². The van der Waals surface area contributed by atoms with Crippen LogP contribution in [0.4, 0.5) is 22.7 Å². The van der Waals surface area contributed by atoms with Gasteiger partial charge in [0.1, 0.15) is 5.69 Å². The second-order valence-electron chi connectivity index (χ2n) is 15.9. The van der Waals surface area contributed by atoms with Crippen LogP contribution >= 0.6 is 23.4 Å². The highest BCUT2D eigenvalue weighted by molar-refractivity contribution is 7.99. The smallest absolute Gasteiger partial charge is 0.303 e. The summed E-state index contributed by atoms with van der Waals surface area (Å²) in [7, 11) is -0.760. The first-order valence-corrected chi connectivity index (χ1v) is 23.9. The number of nitrogens with zero attached hydrogens (tertiary/aromatic N) is 4. The first kappa shape index (κ1) is 48.5. The van der Waals surface area contributed by atoms with Crippen molar-refractivity contribution < 1.29 is 32.8 Å². The molecule has 1 fully saturated rings. The maximum Gasteiger partial charge on any atom is 0.303 e. The highest BCUT2D eigenvalue weighted by Gasteiger charge is 2.27. The molecule has 0 saturated carbocycles. The van der Waals surface area contributed by atoms with Crippen LogP contribution in [0.25, 0.3) is 11.1 Å². The highest BCUT2D eigenvalue weighted by Crippen LogP contribution is 2.33. The number of carbonyl (C=O) groups is 3. The number of thioether (sulfide) groups is 1. The summed E-state index contributed by atoms with van der Waals surface area (Å²) in [4.78, 5) is 56.5. The summed E-state index contributed by atoms with van der Waals surface area (Å²) in [5, 5.41) is 28.2. The average molecular weight is 943 g/mol. The molecule has 0 aromatic heterocycles. The topological polar surface area (TPSA) is 195 Å². The van der Waals surface area contributed by atoms with E-state index >= 15 is 0 Å². The Morgan fingerprint density at radius 2 is 1.58 bits per heavy atom. The molecule has 1 unspecified atom stereocenters. The summed E-state index contributed by atoms with van der Waals surface area (Å²) in [5.41, 5.74) is 3.75. The third-order valence-electron chi connectivity index (χ3n) is 10.8. The summed E-state index contributed by atoms with van der Waals surface area (Å²) in [5.74, 6) is -1.94. The van der Waals surface area contributed by atoms with Gasteiger partial charge >= 0.3 is 5.97 Å². The number of nitro benzene ring substituents is 1. The number of sulfonamides is 1. The fourth-order valence-electron chi connectivity index (χ4n) is 7.36. The molecule has 1 saturated heterocycles. The molecule has 0 spiro atoms. The van der Waals surface area contributed by atoms with Crippen molar-refractivity contribution in [3.05, 3.63) is 142 Å². The van der Waals surface area contributed by atoms with Crippen molar-refractivity contribution in [1.29, 1.82) is 0 Å². The predicted octanol–water partition coefficient (Wildman–Crippen LogP) is 8.07. The number of amides is 2. The molecule has 2 amide bonds. The van der Waals surface area contributed by atoms with Crippen molar-refractivity contribution in [3.63, 3.8) is 0 Å². The zero-order valence-corrected chi connectivity index (χ0v) is 38.5. The van der Waals surface area contributed by atoms with E-state index < -0.39 is 43.3 Å². The van der Waals surface area contributed by atoms with E-state index in [1.165, 1.54) is 24.3 Å². The van der Waals surface area contributed by atoms with Gasteiger partial charge in [0.25, 0.3) is 21.6 Å². The van der Waals surface area contributed by atoms with Crippen molar-refractivity contribution in [3.8, 4) is 11.1 Å². The molecular formula is C47H52ClN7O8S2. The minimum absolute atomic E-state index is 0.0922. The van der Waals surface area contributed by atoms with Gasteiger partial charge in [0, 0.05) is 78.9 Å². The van der Waals surface area contributed by atoms with Crippen molar-refractivity contribution in [2.45, 2.75) is 48.1 Å². The predicted molar refractivity (Wildman–Crippen MR) is 256 cm³/mol. The number of carboxylic acids is 1. The van der Waals surface area contributed by atoms with Gasteiger partial charge in [-0.25, -0.2) is 13.1 Å². The first-order valence-electron chi connectivity index (χ1n) is 21.1. The molecule has 1 aliphatic rings. The molecule has 0 radical (unpaired) electrons. The molecule has 65 heavy (non-hydrogen) atoms. The van der Waals surface area contributed by atoms with Gasteiger partial charge in [-0.1, -0.05) is 66.2 Å². The zero-order chi connectivity index (χ0) is 46.5. The van der Waals surface area contributed by atoms with Gasteiger partial charge in [-0.3, -0.25) is 29.4 Å². The summed E-state index contributed by atoms with van der Waals surface area (Å²) in [6.07, 6.45) is 0.447. The van der Waals surface area contributed by atoms with Gasteiger partial charge < -0.3 is 25.5 Å². The van der Waals surface area contributed by atoms with Crippen molar-refractivity contribution in [2.24, 2.45) is 0 Å². The SMILES string of the molecule is CN(C)CCC(CSc1ccccc1)Nc1ccc(S(=O)(=O)NC(=O)c2ccc(N3CCN(Cc4ccccc4-c4ccc(Cl)cc4)CC3)c(NC(=O)CCCC(=O)O)c2)cc1[N+](=O)[O-]. The van der Waals surface area contributed by atoms with Crippen molar-refractivity contribution in [2.75, 3.05) is 68.1 Å². The van der Waals surface area contributed by atoms with E-state index in [4.69, 9.17) is 16.7 Å². The maximum absolute atomic E-state index is 13.7. The van der Waals surface area contributed by atoms with Crippen LogP contribution in [0.3, 0.4) is 0 Å². The van der Waals surface area contributed by atoms with Crippen LogP contribution in [-0.2, 0) is 26.2 Å². The second-order valence-corrected chi connectivity index (χ2v) is 19.1. The molecule has 0 aliphatic carbocycles. The van der Waals surface area contributed by atoms with Crippen LogP contribution in [0.15, 0.2) is 125 Å². The number of carboxylic acid groups (broad SMARTS) is 1. The number of rotatable bonds is 21. The number of anilines is 3.